The quantitative estimate of drug-likeness (QED) is 0.855. The average molecular weight is 238 g/mol. The van der Waals surface area contributed by atoms with Crippen molar-refractivity contribution in [2.24, 2.45) is 5.73 Å². The molecule has 2 aliphatic heterocycles. The minimum Gasteiger partial charge on any atom is -0.372 e. The molecule has 1 aromatic rings. The second-order valence-electron chi connectivity index (χ2n) is 4.50. The molecule has 0 amide bonds. The maximum atomic E-state index is 5.75. The van der Waals surface area contributed by atoms with Crippen LogP contribution in [0.15, 0.2) is 6.07 Å². The standard InChI is InChI=1S/C12H18N2OS/c13-8-10-9-7-12(14-4-1-2-5-14)16-11(9)3-6-15-10/h7,10H,1-6,8,13H2/t10-/m0/s1. The molecule has 3 nitrogen and oxygen atoms in total. The smallest absolute Gasteiger partial charge is 0.0958 e. The van der Waals surface area contributed by atoms with E-state index in [-0.39, 0.29) is 6.10 Å². The van der Waals surface area contributed by atoms with Gasteiger partial charge in [0.25, 0.3) is 0 Å². The molecule has 0 unspecified atom stereocenters. The van der Waals surface area contributed by atoms with Gasteiger partial charge in [0.2, 0.25) is 0 Å². The Balaban J connectivity index is 1.89. The van der Waals surface area contributed by atoms with Gasteiger partial charge in [0.1, 0.15) is 0 Å². The van der Waals surface area contributed by atoms with Gasteiger partial charge in [0, 0.05) is 30.9 Å². The van der Waals surface area contributed by atoms with Crippen molar-refractivity contribution in [3.8, 4) is 0 Å². The molecule has 3 rings (SSSR count). The fourth-order valence-electron chi connectivity index (χ4n) is 2.57. The van der Waals surface area contributed by atoms with Gasteiger partial charge in [-0.2, -0.15) is 0 Å². The molecule has 0 aliphatic carbocycles. The number of anilines is 1. The molecular weight excluding hydrogens is 220 g/mol. The number of ether oxygens (including phenoxy) is 1. The number of nitrogens with two attached hydrogens (primary N) is 1. The molecule has 88 valence electrons. The molecule has 0 radical (unpaired) electrons. The van der Waals surface area contributed by atoms with Crippen LogP contribution >= 0.6 is 11.3 Å². The highest BCUT2D eigenvalue weighted by molar-refractivity contribution is 7.16. The summed E-state index contributed by atoms with van der Waals surface area (Å²) in [6.07, 6.45) is 3.86. The summed E-state index contributed by atoms with van der Waals surface area (Å²) >= 11 is 1.94. The van der Waals surface area contributed by atoms with Gasteiger partial charge >= 0.3 is 0 Å². The SMILES string of the molecule is NC[C@@H]1OCCc2sc(N3CCCC3)cc21. The lowest BCUT2D eigenvalue weighted by atomic mass is 10.1. The summed E-state index contributed by atoms with van der Waals surface area (Å²) in [5, 5.41) is 1.42. The number of hydrogen-bond acceptors (Lipinski definition) is 4. The first kappa shape index (κ1) is 10.6. The van der Waals surface area contributed by atoms with E-state index in [2.05, 4.69) is 11.0 Å². The van der Waals surface area contributed by atoms with Crippen molar-refractivity contribution in [3.63, 3.8) is 0 Å². The molecule has 0 bridgehead atoms. The lowest BCUT2D eigenvalue weighted by molar-refractivity contribution is 0.0498. The summed E-state index contributed by atoms with van der Waals surface area (Å²) in [7, 11) is 0. The average Bonchev–Trinajstić information content (AvgIpc) is 2.96. The Morgan fingerprint density at radius 1 is 1.44 bits per heavy atom. The maximum Gasteiger partial charge on any atom is 0.0958 e. The van der Waals surface area contributed by atoms with Crippen LogP contribution in [-0.4, -0.2) is 26.2 Å². The monoisotopic (exact) mass is 238 g/mol. The second kappa shape index (κ2) is 4.35. The number of fused-ring (bicyclic) bond motifs is 1. The molecule has 1 atom stereocenters. The van der Waals surface area contributed by atoms with E-state index in [4.69, 9.17) is 10.5 Å². The molecule has 0 spiro atoms. The van der Waals surface area contributed by atoms with Gasteiger partial charge in [0.15, 0.2) is 0 Å². The van der Waals surface area contributed by atoms with Crippen LogP contribution in [-0.2, 0) is 11.2 Å². The summed E-state index contributed by atoms with van der Waals surface area (Å²) in [4.78, 5) is 3.99. The van der Waals surface area contributed by atoms with E-state index in [1.807, 2.05) is 11.3 Å². The Morgan fingerprint density at radius 3 is 3.00 bits per heavy atom. The van der Waals surface area contributed by atoms with Gasteiger partial charge in [-0.25, -0.2) is 0 Å². The molecule has 2 N–H and O–H groups in total. The zero-order valence-electron chi connectivity index (χ0n) is 9.45. The Morgan fingerprint density at radius 2 is 2.25 bits per heavy atom. The molecule has 1 saturated heterocycles. The third-order valence-corrected chi connectivity index (χ3v) is 4.73. The maximum absolute atomic E-state index is 5.75. The van der Waals surface area contributed by atoms with E-state index in [1.165, 1.54) is 41.4 Å². The topological polar surface area (TPSA) is 38.5 Å². The Labute approximate surface area is 100 Å². The Hall–Kier alpha value is -0.580. The van der Waals surface area contributed by atoms with Crippen LogP contribution < -0.4 is 10.6 Å². The number of hydrogen-bond donors (Lipinski definition) is 1. The summed E-state index contributed by atoms with van der Waals surface area (Å²) in [6, 6.07) is 2.31. The van der Waals surface area contributed by atoms with E-state index in [0.717, 1.165) is 13.0 Å². The fourth-order valence-corrected chi connectivity index (χ4v) is 3.81. The van der Waals surface area contributed by atoms with Crippen molar-refractivity contribution >= 4 is 16.3 Å². The summed E-state index contributed by atoms with van der Waals surface area (Å²) in [6.45, 7) is 3.86. The van der Waals surface area contributed by atoms with Crippen LogP contribution in [0.3, 0.4) is 0 Å². The van der Waals surface area contributed by atoms with Crippen molar-refractivity contribution in [2.75, 3.05) is 31.1 Å². The summed E-state index contributed by atoms with van der Waals surface area (Å²) < 4.78 is 5.69. The molecule has 2 aliphatic rings. The lowest BCUT2D eigenvalue weighted by Crippen LogP contribution is -2.21. The van der Waals surface area contributed by atoms with Gasteiger partial charge in [-0.15, -0.1) is 11.3 Å². The predicted octanol–water partition coefficient (Wildman–Crippen LogP) is 1.92. The molecule has 0 aromatic carbocycles. The Bertz CT molecular complexity index is 371. The summed E-state index contributed by atoms with van der Waals surface area (Å²) in [5.74, 6) is 0. The predicted molar refractivity (Wildman–Crippen MR) is 67.2 cm³/mol. The number of nitrogens with zero attached hydrogens (tertiary/aromatic N) is 1. The summed E-state index contributed by atoms with van der Waals surface area (Å²) in [5.41, 5.74) is 7.09. The highest BCUT2D eigenvalue weighted by Crippen LogP contribution is 2.38. The van der Waals surface area contributed by atoms with Crippen LogP contribution in [0.25, 0.3) is 0 Å². The van der Waals surface area contributed by atoms with Crippen molar-refractivity contribution in [1.29, 1.82) is 0 Å². The third kappa shape index (κ3) is 1.75. The zero-order valence-corrected chi connectivity index (χ0v) is 10.3. The van der Waals surface area contributed by atoms with Gasteiger partial charge in [-0.1, -0.05) is 0 Å². The number of thiophene rings is 1. The third-order valence-electron chi connectivity index (χ3n) is 3.46. The molecule has 16 heavy (non-hydrogen) atoms. The highest BCUT2D eigenvalue weighted by Gasteiger charge is 2.24. The van der Waals surface area contributed by atoms with E-state index in [9.17, 15) is 0 Å². The number of rotatable bonds is 2. The first-order valence-corrected chi connectivity index (χ1v) is 6.89. The minimum atomic E-state index is 0.136. The van der Waals surface area contributed by atoms with E-state index >= 15 is 0 Å². The molecule has 4 heteroatoms. The minimum absolute atomic E-state index is 0.136. The molecule has 0 saturated carbocycles. The van der Waals surface area contributed by atoms with E-state index in [1.54, 1.807) is 0 Å². The van der Waals surface area contributed by atoms with Crippen molar-refractivity contribution in [1.82, 2.24) is 0 Å². The van der Waals surface area contributed by atoms with Crippen molar-refractivity contribution < 1.29 is 4.74 Å². The Kier molecular flexibility index (Phi) is 2.88. The first-order valence-electron chi connectivity index (χ1n) is 6.07. The van der Waals surface area contributed by atoms with Crippen LogP contribution in [0.2, 0.25) is 0 Å². The van der Waals surface area contributed by atoms with Crippen LogP contribution in [0.4, 0.5) is 5.00 Å². The molecular formula is C12H18N2OS. The second-order valence-corrected chi connectivity index (χ2v) is 5.62. The largest absolute Gasteiger partial charge is 0.372 e. The van der Waals surface area contributed by atoms with Crippen molar-refractivity contribution in [3.05, 3.63) is 16.5 Å². The zero-order chi connectivity index (χ0) is 11.0. The fraction of sp³-hybridized carbons (Fsp3) is 0.667. The van der Waals surface area contributed by atoms with E-state index in [0.29, 0.717) is 6.54 Å². The lowest BCUT2D eigenvalue weighted by Gasteiger charge is -2.21. The highest BCUT2D eigenvalue weighted by atomic mass is 32.1. The van der Waals surface area contributed by atoms with Gasteiger partial charge in [-0.05, 0) is 24.5 Å². The van der Waals surface area contributed by atoms with E-state index < -0.39 is 0 Å². The van der Waals surface area contributed by atoms with Crippen LogP contribution in [0.1, 0.15) is 29.4 Å². The van der Waals surface area contributed by atoms with Crippen molar-refractivity contribution in [2.45, 2.75) is 25.4 Å². The normalized spacial score (nSPS) is 24.8. The molecule has 1 aromatic heterocycles. The van der Waals surface area contributed by atoms with Gasteiger partial charge in [-0.3, -0.25) is 0 Å². The van der Waals surface area contributed by atoms with Gasteiger partial charge in [0.05, 0.1) is 17.7 Å². The molecule has 1 fully saturated rings. The first-order chi connectivity index (χ1) is 7.88. The van der Waals surface area contributed by atoms with Crippen LogP contribution in [0, 0.1) is 0 Å². The van der Waals surface area contributed by atoms with Crippen LogP contribution in [0.5, 0.6) is 0 Å². The van der Waals surface area contributed by atoms with Gasteiger partial charge < -0.3 is 15.4 Å². The molecule has 3 heterocycles.